The van der Waals surface area contributed by atoms with Crippen molar-refractivity contribution in [1.29, 1.82) is 0 Å². The fourth-order valence-corrected chi connectivity index (χ4v) is 2.19. The van der Waals surface area contributed by atoms with Gasteiger partial charge in [-0.05, 0) is 30.0 Å². The molecular weight excluding hydrogens is 224 g/mol. The van der Waals surface area contributed by atoms with E-state index in [1.807, 2.05) is 24.3 Å². The van der Waals surface area contributed by atoms with Crippen molar-refractivity contribution in [3.05, 3.63) is 53.6 Å². The Morgan fingerprint density at radius 2 is 1.80 bits per heavy atom. The quantitative estimate of drug-likeness (QED) is 0.677. The molecule has 0 bridgehead atoms. The lowest BCUT2D eigenvalue weighted by molar-refractivity contribution is 1.46. The summed E-state index contributed by atoms with van der Waals surface area (Å²) in [6.07, 6.45) is 2.08. The van der Waals surface area contributed by atoms with E-state index >= 15 is 0 Å². The lowest BCUT2D eigenvalue weighted by atomic mass is 10.1. The first kappa shape index (κ1) is 10.6. The van der Waals surface area contributed by atoms with Crippen LogP contribution in [-0.4, -0.2) is 6.26 Å². The van der Waals surface area contributed by atoms with Gasteiger partial charge < -0.3 is 0 Å². The molecule has 2 aromatic rings. The second-order valence-electron chi connectivity index (χ2n) is 3.21. The number of hydrogen-bond donors (Lipinski definition) is 0. The van der Waals surface area contributed by atoms with Crippen molar-refractivity contribution in [2.24, 2.45) is 0 Å². The highest BCUT2D eigenvalue weighted by Crippen LogP contribution is 2.29. The van der Waals surface area contributed by atoms with E-state index in [2.05, 4.69) is 30.5 Å². The van der Waals surface area contributed by atoms with Gasteiger partial charge in [-0.15, -0.1) is 11.8 Å². The molecule has 0 heterocycles. The molecule has 2 rings (SSSR count). The van der Waals surface area contributed by atoms with E-state index in [4.69, 9.17) is 11.6 Å². The second kappa shape index (κ2) is 4.73. The van der Waals surface area contributed by atoms with E-state index in [1.165, 1.54) is 10.5 Å². The molecule has 0 fully saturated rings. The van der Waals surface area contributed by atoms with E-state index in [9.17, 15) is 0 Å². The third-order valence-electron chi connectivity index (χ3n) is 2.25. The zero-order valence-electron chi connectivity index (χ0n) is 8.41. The molecule has 0 atom stereocenters. The van der Waals surface area contributed by atoms with Crippen molar-refractivity contribution in [1.82, 2.24) is 0 Å². The monoisotopic (exact) mass is 234 g/mol. The number of hydrogen-bond acceptors (Lipinski definition) is 1. The Morgan fingerprint density at radius 1 is 1.00 bits per heavy atom. The summed E-state index contributed by atoms with van der Waals surface area (Å²) >= 11 is 7.89. The maximum atomic E-state index is 6.15. The fraction of sp³-hybridized carbons (Fsp3) is 0.0769. The van der Waals surface area contributed by atoms with Gasteiger partial charge in [-0.2, -0.15) is 0 Å². The minimum atomic E-state index is 0.802. The molecule has 0 N–H and O–H groups in total. The zero-order chi connectivity index (χ0) is 10.7. The van der Waals surface area contributed by atoms with E-state index in [1.54, 1.807) is 11.8 Å². The Bertz CT molecular complexity index is 466. The molecule has 0 radical (unpaired) electrons. The molecule has 0 spiro atoms. The number of rotatable bonds is 2. The third-order valence-corrected chi connectivity index (χ3v) is 3.31. The van der Waals surface area contributed by atoms with Gasteiger partial charge >= 0.3 is 0 Å². The van der Waals surface area contributed by atoms with Crippen molar-refractivity contribution < 1.29 is 0 Å². The molecule has 0 aliphatic heterocycles. The van der Waals surface area contributed by atoms with Crippen LogP contribution >= 0.6 is 23.4 Å². The van der Waals surface area contributed by atoms with Gasteiger partial charge in [0.05, 0.1) is 0 Å². The molecule has 0 nitrogen and oxygen atoms in total. The van der Waals surface area contributed by atoms with Gasteiger partial charge in [0, 0.05) is 15.5 Å². The maximum Gasteiger partial charge on any atom is 0.0484 e. The Kier molecular flexibility index (Phi) is 3.34. The SMILES string of the molecule is CSc1cccc(-c2ccccc2Cl)c1. The van der Waals surface area contributed by atoms with Crippen LogP contribution in [0.2, 0.25) is 5.02 Å². The van der Waals surface area contributed by atoms with Gasteiger partial charge in [0.25, 0.3) is 0 Å². The number of benzene rings is 2. The van der Waals surface area contributed by atoms with Crippen LogP contribution in [0.4, 0.5) is 0 Å². The summed E-state index contributed by atoms with van der Waals surface area (Å²) in [6.45, 7) is 0. The Hall–Kier alpha value is -0.920. The van der Waals surface area contributed by atoms with E-state index < -0.39 is 0 Å². The molecule has 0 saturated heterocycles. The van der Waals surface area contributed by atoms with Crippen molar-refractivity contribution in [2.45, 2.75) is 4.90 Å². The van der Waals surface area contributed by atoms with Gasteiger partial charge in [-0.1, -0.05) is 41.9 Å². The second-order valence-corrected chi connectivity index (χ2v) is 4.50. The van der Waals surface area contributed by atoms with Crippen LogP contribution in [0.3, 0.4) is 0 Å². The molecule has 0 aliphatic carbocycles. The summed E-state index contributed by atoms with van der Waals surface area (Å²) in [4.78, 5) is 1.26. The fourth-order valence-electron chi connectivity index (χ4n) is 1.49. The van der Waals surface area contributed by atoms with Gasteiger partial charge in [-0.25, -0.2) is 0 Å². The lowest BCUT2D eigenvalue weighted by Gasteiger charge is -2.05. The average molecular weight is 235 g/mol. The summed E-state index contributed by atoms with van der Waals surface area (Å²) in [5.74, 6) is 0. The van der Waals surface area contributed by atoms with Crippen LogP contribution < -0.4 is 0 Å². The van der Waals surface area contributed by atoms with Crippen LogP contribution in [-0.2, 0) is 0 Å². The molecule has 2 heteroatoms. The smallest absolute Gasteiger partial charge is 0.0484 e. The number of thioether (sulfide) groups is 1. The normalized spacial score (nSPS) is 10.3. The van der Waals surface area contributed by atoms with Crippen LogP contribution in [0.1, 0.15) is 0 Å². The minimum absolute atomic E-state index is 0.802. The first-order valence-corrected chi connectivity index (χ1v) is 6.30. The predicted molar refractivity (Wildman–Crippen MR) is 68.7 cm³/mol. The third kappa shape index (κ3) is 2.36. The summed E-state index contributed by atoms with van der Waals surface area (Å²) in [6, 6.07) is 16.3. The van der Waals surface area contributed by atoms with E-state index in [0.29, 0.717) is 0 Å². The Labute approximate surface area is 99.3 Å². The summed E-state index contributed by atoms with van der Waals surface area (Å²) in [5, 5.41) is 0.802. The van der Waals surface area contributed by atoms with Crippen molar-refractivity contribution >= 4 is 23.4 Å². The average Bonchev–Trinajstić information content (AvgIpc) is 2.30. The van der Waals surface area contributed by atoms with Crippen molar-refractivity contribution in [2.75, 3.05) is 6.26 Å². The summed E-state index contributed by atoms with van der Waals surface area (Å²) < 4.78 is 0. The molecule has 0 aromatic heterocycles. The molecule has 2 aromatic carbocycles. The highest BCUT2D eigenvalue weighted by atomic mass is 35.5. The zero-order valence-corrected chi connectivity index (χ0v) is 9.98. The molecule has 0 unspecified atom stereocenters. The molecular formula is C13H11ClS. The van der Waals surface area contributed by atoms with Crippen LogP contribution in [0.5, 0.6) is 0 Å². The van der Waals surface area contributed by atoms with Gasteiger partial charge in [0.15, 0.2) is 0 Å². The molecule has 76 valence electrons. The van der Waals surface area contributed by atoms with Crippen molar-refractivity contribution in [3.8, 4) is 11.1 Å². The van der Waals surface area contributed by atoms with Gasteiger partial charge in [0.2, 0.25) is 0 Å². The Balaban J connectivity index is 2.49. The minimum Gasteiger partial charge on any atom is -0.130 e. The maximum absolute atomic E-state index is 6.15. The summed E-state index contributed by atoms with van der Waals surface area (Å²) in [7, 11) is 0. The topological polar surface area (TPSA) is 0 Å². The highest BCUT2D eigenvalue weighted by molar-refractivity contribution is 7.98. The first-order chi connectivity index (χ1) is 7.31. The van der Waals surface area contributed by atoms with E-state index in [0.717, 1.165) is 10.6 Å². The predicted octanol–water partition coefficient (Wildman–Crippen LogP) is 4.73. The van der Waals surface area contributed by atoms with Crippen LogP contribution in [0, 0.1) is 0 Å². The molecule has 0 aliphatic rings. The summed E-state index contributed by atoms with van der Waals surface area (Å²) in [5.41, 5.74) is 2.27. The largest absolute Gasteiger partial charge is 0.130 e. The van der Waals surface area contributed by atoms with Crippen LogP contribution in [0.15, 0.2) is 53.4 Å². The van der Waals surface area contributed by atoms with Gasteiger partial charge in [0.1, 0.15) is 0 Å². The Morgan fingerprint density at radius 3 is 2.53 bits per heavy atom. The number of halogens is 1. The standard InChI is InChI=1S/C13H11ClS/c1-15-11-6-4-5-10(9-11)12-7-2-3-8-13(12)14/h2-9H,1H3. The molecule has 15 heavy (non-hydrogen) atoms. The highest BCUT2D eigenvalue weighted by Gasteiger charge is 2.02. The first-order valence-electron chi connectivity index (χ1n) is 4.70. The van der Waals surface area contributed by atoms with Crippen LogP contribution in [0.25, 0.3) is 11.1 Å². The lowest BCUT2D eigenvalue weighted by Crippen LogP contribution is -1.79. The van der Waals surface area contributed by atoms with Crippen molar-refractivity contribution in [3.63, 3.8) is 0 Å². The van der Waals surface area contributed by atoms with Gasteiger partial charge in [-0.3, -0.25) is 0 Å². The molecule has 0 saturated carbocycles. The molecule has 0 amide bonds. The van der Waals surface area contributed by atoms with E-state index in [-0.39, 0.29) is 0 Å².